The van der Waals surface area contributed by atoms with Crippen LogP contribution in [0.25, 0.3) is 0 Å². The van der Waals surface area contributed by atoms with Gasteiger partial charge < -0.3 is 10.7 Å². The number of hydrazine groups is 1. The maximum absolute atomic E-state index is 12.0. The molecule has 0 radical (unpaired) electrons. The van der Waals surface area contributed by atoms with Gasteiger partial charge in [0.25, 0.3) is 5.91 Å². The predicted molar refractivity (Wildman–Crippen MR) is 71.2 cm³/mol. The number of pyridine rings is 1. The normalized spacial score (nSPS) is 18.8. The Bertz CT molecular complexity index is 559. The van der Waals surface area contributed by atoms with Gasteiger partial charge in [0.1, 0.15) is 15.7 Å². The number of sulfone groups is 1. The largest absolute Gasteiger partial charge is 0.349 e. The fraction of sp³-hybridized carbons (Fsp3) is 0.455. The van der Waals surface area contributed by atoms with Crippen LogP contribution in [0.15, 0.2) is 18.3 Å². The maximum atomic E-state index is 12.0. The standard InChI is InChI=1S/C11H16N4O3S/c12-15-10-7-8(1-4-13-10)11(16)14-9-2-5-19(17,18)6-3-9/h1,4,7,9H,2-3,5-6,12H2,(H,13,15)(H,14,16). The Hall–Kier alpha value is -1.67. The molecule has 1 amide bonds. The van der Waals surface area contributed by atoms with E-state index in [2.05, 4.69) is 15.7 Å². The van der Waals surface area contributed by atoms with E-state index in [9.17, 15) is 13.2 Å². The van der Waals surface area contributed by atoms with Crippen LogP contribution in [0.5, 0.6) is 0 Å². The van der Waals surface area contributed by atoms with Gasteiger partial charge in [-0.2, -0.15) is 0 Å². The molecule has 0 bridgehead atoms. The monoisotopic (exact) mass is 284 g/mol. The van der Waals surface area contributed by atoms with Gasteiger partial charge in [0.15, 0.2) is 0 Å². The summed E-state index contributed by atoms with van der Waals surface area (Å²) >= 11 is 0. The lowest BCUT2D eigenvalue weighted by molar-refractivity contribution is 0.0934. The van der Waals surface area contributed by atoms with Crippen molar-refractivity contribution in [3.63, 3.8) is 0 Å². The van der Waals surface area contributed by atoms with Crippen molar-refractivity contribution < 1.29 is 13.2 Å². The van der Waals surface area contributed by atoms with Crippen LogP contribution >= 0.6 is 0 Å². The smallest absolute Gasteiger partial charge is 0.251 e. The van der Waals surface area contributed by atoms with E-state index >= 15 is 0 Å². The number of amides is 1. The zero-order valence-electron chi connectivity index (χ0n) is 10.3. The van der Waals surface area contributed by atoms with E-state index < -0.39 is 9.84 Å². The second-order valence-electron chi connectivity index (χ2n) is 4.47. The Morgan fingerprint density at radius 3 is 2.68 bits per heavy atom. The number of anilines is 1. The third kappa shape index (κ3) is 3.65. The maximum Gasteiger partial charge on any atom is 0.251 e. The first kappa shape index (κ1) is 13.8. The van der Waals surface area contributed by atoms with Crippen molar-refractivity contribution >= 4 is 21.6 Å². The summed E-state index contributed by atoms with van der Waals surface area (Å²) in [5.41, 5.74) is 2.81. The van der Waals surface area contributed by atoms with E-state index in [1.165, 1.54) is 12.3 Å². The lowest BCUT2D eigenvalue weighted by atomic mass is 10.1. The highest BCUT2D eigenvalue weighted by molar-refractivity contribution is 7.91. The van der Waals surface area contributed by atoms with Gasteiger partial charge in [-0.1, -0.05) is 0 Å². The number of hydrogen-bond acceptors (Lipinski definition) is 6. The Morgan fingerprint density at radius 1 is 1.37 bits per heavy atom. The average molecular weight is 284 g/mol. The second kappa shape index (κ2) is 5.54. The molecule has 7 nitrogen and oxygen atoms in total. The first-order valence-corrected chi connectivity index (χ1v) is 7.76. The Kier molecular flexibility index (Phi) is 4.01. The Labute approximate surface area is 111 Å². The highest BCUT2D eigenvalue weighted by atomic mass is 32.2. The number of hydrogen-bond donors (Lipinski definition) is 3. The van der Waals surface area contributed by atoms with Crippen molar-refractivity contribution in [2.24, 2.45) is 5.84 Å². The van der Waals surface area contributed by atoms with Crippen LogP contribution in [0.3, 0.4) is 0 Å². The zero-order valence-corrected chi connectivity index (χ0v) is 11.1. The molecule has 1 aromatic heterocycles. The van der Waals surface area contributed by atoms with E-state index in [0.29, 0.717) is 24.2 Å². The van der Waals surface area contributed by atoms with Gasteiger partial charge in [0, 0.05) is 17.8 Å². The van der Waals surface area contributed by atoms with Crippen molar-refractivity contribution in [1.82, 2.24) is 10.3 Å². The summed E-state index contributed by atoms with van der Waals surface area (Å²) in [6.45, 7) is 0. The molecule has 2 heterocycles. The lowest BCUT2D eigenvalue weighted by Crippen LogP contribution is -2.40. The molecule has 1 fully saturated rings. The molecule has 8 heteroatoms. The number of rotatable bonds is 3. The minimum Gasteiger partial charge on any atom is -0.349 e. The van der Waals surface area contributed by atoms with Crippen LogP contribution in [0.2, 0.25) is 0 Å². The van der Waals surface area contributed by atoms with Gasteiger partial charge in [0.2, 0.25) is 0 Å². The Balaban J connectivity index is 1.98. The molecule has 2 rings (SSSR count). The molecule has 1 aliphatic rings. The minimum absolute atomic E-state index is 0.0986. The minimum atomic E-state index is -2.91. The molecule has 19 heavy (non-hydrogen) atoms. The summed E-state index contributed by atoms with van der Waals surface area (Å²) < 4.78 is 22.6. The molecule has 1 aliphatic heterocycles. The van der Waals surface area contributed by atoms with Crippen LogP contribution in [-0.4, -0.2) is 36.9 Å². The average Bonchev–Trinajstić information content (AvgIpc) is 2.41. The van der Waals surface area contributed by atoms with E-state index in [1.54, 1.807) is 6.07 Å². The third-order valence-electron chi connectivity index (χ3n) is 3.06. The number of nitrogens with two attached hydrogens (primary N) is 1. The third-order valence-corrected chi connectivity index (χ3v) is 4.78. The second-order valence-corrected chi connectivity index (χ2v) is 6.78. The van der Waals surface area contributed by atoms with E-state index in [4.69, 9.17) is 5.84 Å². The fourth-order valence-corrected chi connectivity index (χ4v) is 3.45. The van der Waals surface area contributed by atoms with Crippen LogP contribution in [0, 0.1) is 0 Å². The van der Waals surface area contributed by atoms with Gasteiger partial charge >= 0.3 is 0 Å². The summed E-state index contributed by atoms with van der Waals surface area (Å²) in [4.78, 5) is 15.9. The highest BCUT2D eigenvalue weighted by Gasteiger charge is 2.24. The van der Waals surface area contributed by atoms with Gasteiger partial charge in [-0.3, -0.25) is 4.79 Å². The topological polar surface area (TPSA) is 114 Å². The molecule has 0 saturated carbocycles. The summed E-state index contributed by atoms with van der Waals surface area (Å²) in [5.74, 6) is 5.63. The number of nitrogens with zero attached hydrogens (tertiary/aromatic N) is 1. The fourth-order valence-electron chi connectivity index (χ4n) is 1.95. The van der Waals surface area contributed by atoms with Crippen LogP contribution < -0.4 is 16.6 Å². The molecule has 0 unspecified atom stereocenters. The molecule has 4 N–H and O–H groups in total. The van der Waals surface area contributed by atoms with Crippen molar-refractivity contribution in [3.05, 3.63) is 23.9 Å². The van der Waals surface area contributed by atoms with E-state index in [-0.39, 0.29) is 23.5 Å². The molecular formula is C11H16N4O3S. The van der Waals surface area contributed by atoms with Gasteiger partial charge in [-0.05, 0) is 25.0 Å². The molecule has 0 aromatic carbocycles. The predicted octanol–water partition coefficient (Wildman–Crippen LogP) is -0.326. The molecule has 104 valence electrons. The molecule has 1 aromatic rings. The zero-order chi connectivity index (χ0) is 13.9. The molecule has 0 spiro atoms. The molecular weight excluding hydrogens is 268 g/mol. The number of nitrogen functional groups attached to an aromatic ring is 1. The van der Waals surface area contributed by atoms with Crippen molar-refractivity contribution in [2.75, 3.05) is 16.9 Å². The lowest BCUT2D eigenvalue weighted by Gasteiger charge is -2.23. The number of aromatic nitrogens is 1. The van der Waals surface area contributed by atoms with Gasteiger partial charge in [-0.15, -0.1) is 0 Å². The summed E-state index contributed by atoms with van der Waals surface area (Å²) in [5, 5.41) is 2.82. The number of nitrogens with one attached hydrogen (secondary N) is 2. The van der Waals surface area contributed by atoms with Crippen LogP contribution in [-0.2, 0) is 9.84 Å². The van der Waals surface area contributed by atoms with Crippen molar-refractivity contribution in [2.45, 2.75) is 18.9 Å². The Morgan fingerprint density at radius 2 is 2.05 bits per heavy atom. The van der Waals surface area contributed by atoms with Crippen molar-refractivity contribution in [3.8, 4) is 0 Å². The quantitative estimate of drug-likeness (QED) is 0.517. The SMILES string of the molecule is NNc1cc(C(=O)NC2CCS(=O)(=O)CC2)ccn1. The van der Waals surface area contributed by atoms with Crippen molar-refractivity contribution in [1.29, 1.82) is 0 Å². The highest BCUT2D eigenvalue weighted by Crippen LogP contribution is 2.13. The summed E-state index contributed by atoms with van der Waals surface area (Å²) in [6, 6.07) is 3.02. The first-order valence-electron chi connectivity index (χ1n) is 5.94. The van der Waals surface area contributed by atoms with Gasteiger partial charge in [0.05, 0.1) is 11.5 Å². The molecule has 0 atom stereocenters. The number of carbonyl (C=O) groups is 1. The number of carbonyl (C=O) groups excluding carboxylic acids is 1. The van der Waals surface area contributed by atoms with Crippen LogP contribution in [0.4, 0.5) is 5.82 Å². The first-order chi connectivity index (χ1) is 9.00. The van der Waals surface area contributed by atoms with Crippen LogP contribution in [0.1, 0.15) is 23.2 Å². The summed E-state index contributed by atoms with van der Waals surface area (Å²) in [7, 11) is -2.91. The van der Waals surface area contributed by atoms with E-state index in [1.807, 2.05) is 0 Å². The van der Waals surface area contributed by atoms with Gasteiger partial charge in [-0.25, -0.2) is 19.2 Å². The summed E-state index contributed by atoms with van der Waals surface area (Å²) in [6.07, 6.45) is 2.40. The van der Waals surface area contributed by atoms with E-state index in [0.717, 1.165) is 0 Å². The molecule has 0 aliphatic carbocycles. The molecule has 1 saturated heterocycles.